The van der Waals surface area contributed by atoms with Gasteiger partial charge in [-0.1, -0.05) is 6.07 Å². The molecule has 152 valence electrons. The van der Waals surface area contributed by atoms with E-state index in [-0.39, 0.29) is 6.03 Å². The maximum Gasteiger partial charge on any atom is 0.322 e. The Hall–Kier alpha value is -2.12. The first-order valence-corrected chi connectivity index (χ1v) is 10.1. The zero-order valence-electron chi connectivity index (χ0n) is 16.7. The molecule has 28 heavy (non-hydrogen) atoms. The number of nitrogens with zero attached hydrogens (tertiary/aromatic N) is 2. The fourth-order valence-corrected chi connectivity index (χ4v) is 4.28. The molecule has 0 spiro atoms. The molecule has 0 radical (unpaired) electrons. The number of aliphatic imine (C=N–C) groups is 1. The number of rotatable bonds is 2. The number of benzene rings is 1. The van der Waals surface area contributed by atoms with E-state index >= 15 is 0 Å². The van der Waals surface area contributed by atoms with Gasteiger partial charge in [0.25, 0.3) is 0 Å². The van der Waals surface area contributed by atoms with Crippen molar-refractivity contribution in [3.05, 3.63) is 23.3 Å². The Kier molecular flexibility index (Phi) is 5.29. The van der Waals surface area contributed by atoms with E-state index in [0.717, 1.165) is 43.1 Å². The second kappa shape index (κ2) is 7.72. The van der Waals surface area contributed by atoms with E-state index in [2.05, 4.69) is 11.4 Å². The first-order valence-electron chi connectivity index (χ1n) is 10.1. The molecule has 2 N–H and O–H groups in total. The predicted octanol–water partition coefficient (Wildman–Crippen LogP) is 2.73. The largest absolute Gasteiger partial charge is 0.496 e. The summed E-state index contributed by atoms with van der Waals surface area (Å²) in [7, 11) is 1.67. The van der Waals surface area contributed by atoms with Crippen molar-refractivity contribution in [2.75, 3.05) is 33.4 Å². The smallest absolute Gasteiger partial charge is 0.322 e. The molecule has 3 heterocycles. The molecule has 0 aliphatic carbocycles. The van der Waals surface area contributed by atoms with Crippen LogP contribution in [0.3, 0.4) is 0 Å². The quantitative estimate of drug-likeness (QED) is 0.817. The van der Waals surface area contributed by atoms with Gasteiger partial charge in [0, 0.05) is 38.3 Å². The molecule has 0 bridgehead atoms. The molecule has 1 aromatic rings. The standard InChI is InChI=1S/C21H29N3O4/c1-21(26)7-9-24(10-8-21)20(25)23-18-13-16-17(27-2)4-3-15(19(16)22-18)14-5-11-28-12-6-14/h3-4,14,26H,5-13H2,1-2H3,(H,22,23,25). The van der Waals surface area contributed by atoms with Gasteiger partial charge in [0.2, 0.25) is 0 Å². The molecule has 3 aliphatic rings. The van der Waals surface area contributed by atoms with E-state index in [1.807, 2.05) is 13.0 Å². The van der Waals surface area contributed by atoms with Gasteiger partial charge >= 0.3 is 6.03 Å². The van der Waals surface area contributed by atoms with Gasteiger partial charge in [0.1, 0.15) is 11.6 Å². The SMILES string of the molecule is COc1ccc(C2CCOCC2)c2c1CC(NC(=O)N1CCC(C)(O)CC1)=N2. The number of amidine groups is 1. The van der Waals surface area contributed by atoms with Crippen molar-refractivity contribution in [1.29, 1.82) is 0 Å². The number of hydrogen-bond donors (Lipinski definition) is 2. The van der Waals surface area contributed by atoms with Gasteiger partial charge in [-0.2, -0.15) is 0 Å². The highest BCUT2D eigenvalue weighted by Gasteiger charge is 2.31. The average Bonchev–Trinajstić information content (AvgIpc) is 3.11. The van der Waals surface area contributed by atoms with Crippen LogP contribution in [0.4, 0.5) is 10.5 Å². The molecular formula is C21H29N3O4. The van der Waals surface area contributed by atoms with Crippen LogP contribution in [0.15, 0.2) is 17.1 Å². The van der Waals surface area contributed by atoms with Crippen LogP contribution in [0.1, 0.15) is 49.7 Å². The molecular weight excluding hydrogens is 358 g/mol. The van der Waals surface area contributed by atoms with Gasteiger partial charge in [-0.15, -0.1) is 0 Å². The molecule has 4 rings (SSSR count). The number of ether oxygens (including phenoxy) is 2. The summed E-state index contributed by atoms with van der Waals surface area (Å²) in [5, 5.41) is 13.1. The molecule has 7 nitrogen and oxygen atoms in total. The first-order chi connectivity index (χ1) is 13.5. The Morgan fingerprint density at radius 2 is 2.04 bits per heavy atom. The average molecular weight is 387 g/mol. The van der Waals surface area contributed by atoms with Gasteiger partial charge in [-0.05, 0) is 50.2 Å². The molecule has 0 unspecified atom stereocenters. The molecule has 2 fully saturated rings. The number of nitrogens with one attached hydrogen (secondary N) is 1. The van der Waals surface area contributed by atoms with Crippen LogP contribution < -0.4 is 10.1 Å². The number of fused-ring (bicyclic) bond motifs is 1. The number of amides is 2. The summed E-state index contributed by atoms with van der Waals surface area (Å²) >= 11 is 0. The highest BCUT2D eigenvalue weighted by atomic mass is 16.5. The van der Waals surface area contributed by atoms with Crippen LogP contribution in [0.2, 0.25) is 0 Å². The Morgan fingerprint density at radius 1 is 1.32 bits per heavy atom. The molecule has 2 amide bonds. The van der Waals surface area contributed by atoms with Gasteiger partial charge < -0.3 is 19.5 Å². The molecule has 3 aliphatic heterocycles. The van der Waals surface area contributed by atoms with Crippen molar-refractivity contribution in [2.24, 2.45) is 4.99 Å². The summed E-state index contributed by atoms with van der Waals surface area (Å²) in [6.45, 7) is 4.48. The first kappa shape index (κ1) is 19.2. The van der Waals surface area contributed by atoms with E-state index < -0.39 is 5.60 Å². The lowest BCUT2D eigenvalue weighted by molar-refractivity contribution is 0.00483. The van der Waals surface area contributed by atoms with Crippen molar-refractivity contribution in [2.45, 2.75) is 50.5 Å². The van der Waals surface area contributed by atoms with E-state index in [1.165, 1.54) is 5.56 Å². The summed E-state index contributed by atoms with van der Waals surface area (Å²) in [5.74, 6) is 1.90. The fourth-order valence-electron chi connectivity index (χ4n) is 4.28. The molecule has 7 heteroatoms. The van der Waals surface area contributed by atoms with Crippen LogP contribution in [0.25, 0.3) is 0 Å². The Bertz CT molecular complexity index is 774. The summed E-state index contributed by atoms with van der Waals surface area (Å²) in [6.07, 6.45) is 3.73. The van der Waals surface area contributed by atoms with Crippen molar-refractivity contribution in [3.63, 3.8) is 0 Å². The van der Waals surface area contributed by atoms with Gasteiger partial charge in [0.15, 0.2) is 0 Å². The third-order valence-electron chi connectivity index (χ3n) is 6.12. The van der Waals surface area contributed by atoms with Crippen LogP contribution in [0, 0.1) is 0 Å². The second-order valence-corrected chi connectivity index (χ2v) is 8.22. The summed E-state index contributed by atoms with van der Waals surface area (Å²) in [4.78, 5) is 19.2. The number of carbonyl (C=O) groups is 1. The predicted molar refractivity (Wildman–Crippen MR) is 107 cm³/mol. The topological polar surface area (TPSA) is 83.4 Å². The number of methoxy groups -OCH3 is 1. The summed E-state index contributed by atoms with van der Waals surface area (Å²) in [6, 6.07) is 3.97. The van der Waals surface area contributed by atoms with Crippen LogP contribution in [-0.2, 0) is 11.2 Å². The summed E-state index contributed by atoms with van der Waals surface area (Å²) < 4.78 is 11.0. The molecule has 0 saturated carbocycles. The maximum atomic E-state index is 12.7. The number of hydrogen-bond acceptors (Lipinski definition) is 5. The number of aliphatic hydroxyl groups is 1. The minimum Gasteiger partial charge on any atom is -0.496 e. The second-order valence-electron chi connectivity index (χ2n) is 8.22. The lowest BCUT2D eigenvalue weighted by atomic mass is 9.89. The number of urea groups is 1. The highest BCUT2D eigenvalue weighted by molar-refractivity contribution is 6.03. The van der Waals surface area contributed by atoms with Crippen molar-refractivity contribution < 1.29 is 19.4 Å². The Balaban J connectivity index is 1.50. The van der Waals surface area contributed by atoms with Gasteiger partial charge in [0.05, 0.1) is 18.4 Å². The zero-order chi connectivity index (χ0) is 19.7. The third-order valence-corrected chi connectivity index (χ3v) is 6.12. The minimum atomic E-state index is -0.677. The molecule has 2 saturated heterocycles. The van der Waals surface area contributed by atoms with Crippen LogP contribution in [0.5, 0.6) is 5.75 Å². The van der Waals surface area contributed by atoms with Crippen molar-refractivity contribution in [3.8, 4) is 5.75 Å². The van der Waals surface area contributed by atoms with E-state index in [9.17, 15) is 9.90 Å². The Morgan fingerprint density at radius 3 is 2.71 bits per heavy atom. The lowest BCUT2D eigenvalue weighted by Gasteiger charge is -2.35. The molecule has 0 atom stereocenters. The third kappa shape index (κ3) is 3.86. The van der Waals surface area contributed by atoms with Crippen molar-refractivity contribution >= 4 is 17.6 Å². The normalized spacial score (nSPS) is 21.8. The minimum absolute atomic E-state index is 0.145. The number of carbonyl (C=O) groups excluding carboxylic acids is 1. The monoisotopic (exact) mass is 387 g/mol. The number of piperidine rings is 1. The number of likely N-dealkylation sites (tertiary alicyclic amines) is 1. The highest BCUT2D eigenvalue weighted by Crippen LogP contribution is 2.42. The van der Waals surface area contributed by atoms with E-state index in [0.29, 0.717) is 44.1 Å². The van der Waals surface area contributed by atoms with E-state index in [1.54, 1.807) is 12.0 Å². The zero-order valence-corrected chi connectivity index (χ0v) is 16.7. The molecule has 0 aromatic heterocycles. The Labute approximate surface area is 165 Å². The lowest BCUT2D eigenvalue weighted by Crippen LogP contribution is -2.50. The van der Waals surface area contributed by atoms with E-state index in [4.69, 9.17) is 14.5 Å². The fraction of sp³-hybridized carbons (Fsp3) is 0.619. The van der Waals surface area contributed by atoms with Gasteiger partial charge in [-0.3, -0.25) is 5.32 Å². The van der Waals surface area contributed by atoms with Crippen LogP contribution in [-0.4, -0.2) is 60.9 Å². The molecule has 1 aromatic carbocycles. The van der Waals surface area contributed by atoms with Gasteiger partial charge in [-0.25, -0.2) is 9.79 Å². The maximum absolute atomic E-state index is 12.7. The van der Waals surface area contributed by atoms with Crippen molar-refractivity contribution in [1.82, 2.24) is 10.2 Å². The summed E-state index contributed by atoms with van der Waals surface area (Å²) in [5.41, 5.74) is 2.54. The van der Waals surface area contributed by atoms with Crippen LogP contribution >= 0.6 is 0 Å².